The van der Waals surface area contributed by atoms with Crippen LogP contribution in [-0.2, 0) is 6.42 Å². The zero-order valence-electron chi connectivity index (χ0n) is 17.1. The van der Waals surface area contributed by atoms with E-state index in [1.165, 1.54) is 0 Å². The molecular weight excluding hydrogens is 340 g/mol. The lowest BCUT2D eigenvalue weighted by molar-refractivity contribution is 0.0666. The average molecular weight is 375 g/mol. The Hall–Kier alpha value is -2.21. The lowest BCUT2D eigenvalue weighted by Gasteiger charge is -2.37. The molecule has 0 amide bonds. The van der Waals surface area contributed by atoms with Gasteiger partial charge in [0.2, 0.25) is 5.96 Å². The number of nitrogens with two attached hydrogens (primary N) is 2. The van der Waals surface area contributed by atoms with Crippen LogP contribution in [-0.4, -0.2) is 23.2 Å². The summed E-state index contributed by atoms with van der Waals surface area (Å²) in [5, 5.41) is 10.3. The van der Waals surface area contributed by atoms with Gasteiger partial charge in [-0.2, -0.15) is 0 Å². The molecule has 6 N–H and O–H groups in total. The van der Waals surface area contributed by atoms with Crippen molar-refractivity contribution in [3.05, 3.63) is 34.4 Å². The fraction of sp³-hybridized carbons (Fsp3) is 0.571. The average Bonchev–Trinajstić information content (AvgIpc) is 2.66. The first-order valence-electron chi connectivity index (χ1n) is 9.71. The molecule has 0 saturated heterocycles. The third-order valence-electron chi connectivity index (χ3n) is 5.52. The maximum Gasteiger partial charge on any atom is 0.203 e. The number of benzene rings is 1. The van der Waals surface area contributed by atoms with E-state index in [0.29, 0.717) is 12.3 Å². The van der Waals surface area contributed by atoms with Crippen LogP contribution in [0.1, 0.15) is 61.3 Å². The lowest BCUT2D eigenvalue weighted by Crippen LogP contribution is -2.37. The molecule has 0 aromatic heterocycles. The highest BCUT2D eigenvalue weighted by atomic mass is 16.5. The minimum atomic E-state index is -0.199. The van der Waals surface area contributed by atoms with Crippen molar-refractivity contribution in [2.75, 3.05) is 6.54 Å². The summed E-state index contributed by atoms with van der Waals surface area (Å²) in [7, 11) is 0. The van der Waals surface area contributed by atoms with Gasteiger partial charge < -0.3 is 15.6 Å². The Morgan fingerprint density at radius 1 is 1.22 bits per heavy atom. The fourth-order valence-electron chi connectivity index (χ4n) is 3.51. The van der Waals surface area contributed by atoms with Crippen molar-refractivity contribution in [2.45, 2.75) is 71.8 Å². The summed E-state index contributed by atoms with van der Waals surface area (Å²) >= 11 is 0. The third-order valence-corrected chi connectivity index (χ3v) is 5.52. The topological polar surface area (TPSA) is 106 Å². The second-order valence-electron chi connectivity index (χ2n) is 7.67. The van der Waals surface area contributed by atoms with Gasteiger partial charge in [-0.3, -0.25) is 10.4 Å². The maximum absolute atomic E-state index is 10.3. The lowest BCUT2D eigenvalue weighted by atomic mass is 9.85. The van der Waals surface area contributed by atoms with Crippen molar-refractivity contribution in [1.82, 2.24) is 5.43 Å². The number of nitrogens with zero attached hydrogens (tertiary/aromatic N) is 1. The Morgan fingerprint density at radius 3 is 2.67 bits per heavy atom. The van der Waals surface area contributed by atoms with Crippen molar-refractivity contribution in [3.8, 4) is 11.5 Å². The van der Waals surface area contributed by atoms with Crippen molar-refractivity contribution >= 4 is 5.96 Å². The number of fused-ring (bicyclic) bond motifs is 1. The Morgan fingerprint density at radius 2 is 1.96 bits per heavy atom. The Labute approximate surface area is 162 Å². The summed E-state index contributed by atoms with van der Waals surface area (Å²) in [6, 6.07) is 0. The third kappa shape index (κ3) is 5.16. The van der Waals surface area contributed by atoms with Crippen molar-refractivity contribution < 1.29 is 9.84 Å². The van der Waals surface area contributed by atoms with Gasteiger partial charge in [0.15, 0.2) is 0 Å². The maximum atomic E-state index is 10.3. The number of phenolic OH excluding ortho intramolecular Hbond substituents is 1. The van der Waals surface area contributed by atoms with E-state index in [4.69, 9.17) is 16.3 Å². The van der Waals surface area contributed by atoms with E-state index < -0.39 is 0 Å². The summed E-state index contributed by atoms with van der Waals surface area (Å²) in [4.78, 5) is 4.09. The molecule has 1 aromatic carbocycles. The van der Waals surface area contributed by atoms with E-state index >= 15 is 0 Å². The molecule has 2 rings (SSSR count). The van der Waals surface area contributed by atoms with Crippen LogP contribution < -0.4 is 21.7 Å². The normalized spacial score (nSPS) is 19.8. The van der Waals surface area contributed by atoms with E-state index in [2.05, 4.69) is 29.5 Å². The summed E-state index contributed by atoms with van der Waals surface area (Å²) < 4.78 is 6.44. The first-order valence-corrected chi connectivity index (χ1v) is 9.71. The van der Waals surface area contributed by atoms with Gasteiger partial charge >= 0.3 is 0 Å². The van der Waals surface area contributed by atoms with Gasteiger partial charge in [-0.15, -0.1) is 0 Å². The molecule has 1 aliphatic rings. The number of ether oxygens (including phenoxy) is 1. The van der Waals surface area contributed by atoms with Gasteiger partial charge in [-0.25, -0.2) is 5.84 Å². The number of unbranched alkanes of at least 4 members (excludes halogenated alkanes) is 2. The van der Waals surface area contributed by atoms with Crippen LogP contribution in [0.15, 0.2) is 17.1 Å². The van der Waals surface area contributed by atoms with Crippen LogP contribution in [0.3, 0.4) is 0 Å². The predicted octanol–water partition coefficient (Wildman–Crippen LogP) is 3.30. The zero-order valence-corrected chi connectivity index (χ0v) is 17.1. The SMILES string of the molecule is Cc1c(C)c2c(c(C)c1O)CCC(C)(CC=CCCCCN=C(N)NN)O2. The number of allylic oxidation sites excluding steroid dienone is 1. The molecule has 0 aliphatic carbocycles. The molecule has 0 saturated carbocycles. The summed E-state index contributed by atoms with van der Waals surface area (Å²) in [5.74, 6) is 6.81. The fourth-order valence-corrected chi connectivity index (χ4v) is 3.51. The van der Waals surface area contributed by atoms with Crippen LogP contribution in [0.2, 0.25) is 0 Å². The molecule has 0 radical (unpaired) electrons. The minimum Gasteiger partial charge on any atom is -0.507 e. The number of guanidine groups is 1. The second kappa shape index (κ2) is 9.13. The van der Waals surface area contributed by atoms with Crippen molar-refractivity contribution in [1.29, 1.82) is 0 Å². The first kappa shape index (κ1) is 21.1. The minimum absolute atomic E-state index is 0.199. The Balaban J connectivity index is 1.88. The van der Waals surface area contributed by atoms with Crippen molar-refractivity contribution in [3.63, 3.8) is 0 Å². The number of hydrogen-bond acceptors (Lipinski definition) is 4. The summed E-state index contributed by atoms with van der Waals surface area (Å²) in [5.41, 5.74) is 11.7. The number of aliphatic imine (C=N–C) groups is 1. The Bertz CT molecular complexity index is 728. The highest BCUT2D eigenvalue weighted by Gasteiger charge is 2.33. The molecule has 1 aromatic rings. The number of aromatic hydroxyl groups is 1. The summed E-state index contributed by atoms with van der Waals surface area (Å²) in [6.07, 6.45) is 10.3. The van der Waals surface area contributed by atoms with Crippen LogP contribution in [0, 0.1) is 20.8 Å². The molecule has 150 valence electrons. The highest BCUT2D eigenvalue weighted by molar-refractivity contribution is 5.77. The van der Waals surface area contributed by atoms with Crippen LogP contribution in [0.4, 0.5) is 0 Å². The van der Waals surface area contributed by atoms with Crippen molar-refractivity contribution in [2.24, 2.45) is 16.6 Å². The molecule has 6 nitrogen and oxygen atoms in total. The molecular formula is C21H34N4O2. The van der Waals surface area contributed by atoms with E-state index in [9.17, 15) is 5.11 Å². The molecule has 27 heavy (non-hydrogen) atoms. The molecule has 0 bridgehead atoms. The molecule has 6 heteroatoms. The van der Waals surface area contributed by atoms with Crippen LogP contribution >= 0.6 is 0 Å². The quantitative estimate of drug-likeness (QED) is 0.146. The number of rotatable bonds is 7. The van der Waals surface area contributed by atoms with Gasteiger partial charge in [-0.1, -0.05) is 12.2 Å². The van der Waals surface area contributed by atoms with E-state index in [0.717, 1.165) is 66.5 Å². The smallest absolute Gasteiger partial charge is 0.203 e. The van der Waals surface area contributed by atoms with Gasteiger partial charge in [-0.05, 0) is 76.5 Å². The van der Waals surface area contributed by atoms with E-state index in [1.54, 1.807) is 0 Å². The number of nitrogens with one attached hydrogen (secondary N) is 1. The summed E-state index contributed by atoms with van der Waals surface area (Å²) in [6.45, 7) is 8.83. The monoisotopic (exact) mass is 374 g/mol. The van der Waals surface area contributed by atoms with Crippen LogP contribution in [0.25, 0.3) is 0 Å². The Kier molecular flexibility index (Phi) is 7.13. The van der Waals surface area contributed by atoms with Gasteiger partial charge in [0.25, 0.3) is 0 Å². The number of hydrazine groups is 1. The van der Waals surface area contributed by atoms with Crippen LogP contribution in [0.5, 0.6) is 11.5 Å². The number of hydrogen-bond donors (Lipinski definition) is 4. The molecule has 1 atom stereocenters. The second-order valence-corrected chi connectivity index (χ2v) is 7.67. The van der Waals surface area contributed by atoms with E-state index in [1.807, 2.05) is 20.8 Å². The standard InChI is InChI=1S/C21H34N4O2/c1-14-15(2)19-17(16(3)18(14)26)10-12-21(4,27-19)11-8-6-5-7-9-13-24-20(22)25-23/h6,8,26H,5,7,9-13,23H2,1-4H3,(H3,22,24,25). The molecule has 1 aliphatic heterocycles. The first-order chi connectivity index (χ1) is 12.8. The highest BCUT2D eigenvalue weighted by Crippen LogP contribution is 2.44. The number of phenols is 1. The molecule has 0 fully saturated rings. The molecule has 0 spiro atoms. The predicted molar refractivity (Wildman–Crippen MR) is 111 cm³/mol. The van der Waals surface area contributed by atoms with Gasteiger partial charge in [0.1, 0.15) is 17.1 Å². The largest absolute Gasteiger partial charge is 0.507 e. The van der Waals surface area contributed by atoms with Gasteiger partial charge in [0.05, 0.1) is 0 Å². The molecule has 1 unspecified atom stereocenters. The molecule has 1 heterocycles. The zero-order chi connectivity index (χ0) is 20.0. The van der Waals surface area contributed by atoms with Gasteiger partial charge in [0, 0.05) is 18.5 Å². The van der Waals surface area contributed by atoms with E-state index in [-0.39, 0.29) is 11.6 Å².